The van der Waals surface area contributed by atoms with Gasteiger partial charge >= 0.3 is 11.9 Å². The summed E-state index contributed by atoms with van der Waals surface area (Å²) in [5.41, 5.74) is 4.51. The zero-order valence-corrected chi connectivity index (χ0v) is 24.9. The van der Waals surface area contributed by atoms with E-state index in [0.717, 1.165) is 22.4 Å². The standard InChI is InChI=1S/C29H39N7O4/c1-28(2,3)35-23-16-21(33(7)8)22(34(9)10)17-24(23)36(29(4,5)6)27(35)31-32-30-19-13-11-18(12-14-19)20(26(39)40)15-25(37)38/h11-17H,1-10H3,(H,37,38)(H,39,40)/b20-15-,32-30?. The van der Waals surface area contributed by atoms with E-state index in [1.165, 1.54) is 12.1 Å². The number of benzene rings is 2. The summed E-state index contributed by atoms with van der Waals surface area (Å²) in [5.74, 6) is -2.67. The number of carboxylic acid groups (broad SMARTS) is 2. The summed E-state index contributed by atoms with van der Waals surface area (Å²) in [6, 6.07) is 10.5. The number of anilines is 2. The molecule has 2 aromatic carbocycles. The van der Waals surface area contributed by atoms with Crippen LogP contribution in [0.1, 0.15) is 47.1 Å². The first-order valence-electron chi connectivity index (χ1n) is 12.8. The van der Waals surface area contributed by atoms with Crippen LogP contribution in [0.15, 0.2) is 57.9 Å². The van der Waals surface area contributed by atoms with E-state index in [9.17, 15) is 14.7 Å². The van der Waals surface area contributed by atoms with Crippen molar-refractivity contribution in [1.29, 1.82) is 0 Å². The molecule has 0 aliphatic rings. The van der Waals surface area contributed by atoms with Gasteiger partial charge in [0.1, 0.15) is 0 Å². The van der Waals surface area contributed by atoms with E-state index in [1.807, 2.05) is 28.2 Å². The lowest BCUT2D eigenvalue weighted by Gasteiger charge is -2.25. The van der Waals surface area contributed by atoms with Crippen molar-refractivity contribution in [2.24, 2.45) is 15.4 Å². The van der Waals surface area contributed by atoms with Crippen molar-refractivity contribution >= 4 is 45.6 Å². The summed E-state index contributed by atoms with van der Waals surface area (Å²) in [7, 11) is 8.10. The van der Waals surface area contributed by atoms with E-state index in [4.69, 9.17) is 5.11 Å². The van der Waals surface area contributed by atoms with Crippen molar-refractivity contribution in [1.82, 2.24) is 9.13 Å². The zero-order chi connectivity index (χ0) is 30.2. The first-order chi connectivity index (χ1) is 18.4. The molecule has 1 heterocycles. The molecular formula is C29H39N7O4. The van der Waals surface area contributed by atoms with Crippen LogP contribution in [0, 0.1) is 0 Å². The Labute approximate surface area is 234 Å². The number of fused-ring (bicyclic) bond motifs is 1. The van der Waals surface area contributed by atoms with Crippen LogP contribution in [-0.2, 0) is 20.7 Å². The molecule has 1 aromatic heterocycles. The van der Waals surface area contributed by atoms with Crippen molar-refractivity contribution in [2.75, 3.05) is 38.0 Å². The van der Waals surface area contributed by atoms with Gasteiger partial charge in [0.05, 0.1) is 33.7 Å². The molecule has 11 nitrogen and oxygen atoms in total. The van der Waals surface area contributed by atoms with E-state index in [1.54, 1.807) is 12.1 Å². The van der Waals surface area contributed by atoms with Crippen LogP contribution in [0.2, 0.25) is 0 Å². The topological polar surface area (TPSA) is 128 Å². The number of imidazole rings is 1. The van der Waals surface area contributed by atoms with Crippen LogP contribution in [0.25, 0.3) is 16.6 Å². The van der Waals surface area contributed by atoms with Crippen LogP contribution >= 0.6 is 0 Å². The highest BCUT2D eigenvalue weighted by Crippen LogP contribution is 2.35. The lowest BCUT2D eigenvalue weighted by Crippen LogP contribution is -2.40. The van der Waals surface area contributed by atoms with E-state index < -0.39 is 11.9 Å². The number of carboxylic acids is 2. The fraction of sp³-hybridized carbons (Fsp3) is 0.414. The molecule has 0 spiro atoms. The van der Waals surface area contributed by atoms with Crippen LogP contribution < -0.4 is 15.4 Å². The quantitative estimate of drug-likeness (QED) is 0.236. The third-order valence-electron chi connectivity index (χ3n) is 6.23. The molecular weight excluding hydrogens is 510 g/mol. The molecule has 0 fully saturated rings. The van der Waals surface area contributed by atoms with Gasteiger partial charge in [-0.15, -0.1) is 5.11 Å². The predicted octanol–water partition coefficient (Wildman–Crippen LogP) is 5.24. The van der Waals surface area contributed by atoms with E-state index in [2.05, 4.69) is 88.0 Å². The number of hydrogen-bond donors (Lipinski definition) is 2. The van der Waals surface area contributed by atoms with Crippen LogP contribution in [0.3, 0.4) is 0 Å². The lowest BCUT2D eigenvalue weighted by atomic mass is 10.1. The summed E-state index contributed by atoms with van der Waals surface area (Å²) in [6.45, 7) is 12.7. The number of rotatable bonds is 7. The van der Waals surface area contributed by atoms with Gasteiger partial charge in [-0.2, -0.15) is 0 Å². The first-order valence-corrected chi connectivity index (χ1v) is 12.8. The normalized spacial score (nSPS) is 12.7. The Morgan fingerprint density at radius 2 is 1.25 bits per heavy atom. The molecule has 0 saturated heterocycles. The Morgan fingerprint density at radius 3 is 1.60 bits per heavy atom. The Bertz CT molecular complexity index is 1490. The summed E-state index contributed by atoms with van der Waals surface area (Å²) in [4.78, 5) is 26.7. The molecule has 2 N–H and O–H groups in total. The molecule has 0 radical (unpaired) electrons. The molecule has 3 rings (SSSR count). The fourth-order valence-corrected chi connectivity index (χ4v) is 4.57. The molecule has 0 aliphatic carbocycles. The van der Waals surface area contributed by atoms with E-state index >= 15 is 0 Å². The number of carbonyl (C=O) groups is 2. The Morgan fingerprint density at radius 1 is 0.800 bits per heavy atom. The van der Waals surface area contributed by atoms with Gasteiger partial charge in [-0.3, -0.25) is 0 Å². The molecule has 0 unspecified atom stereocenters. The summed E-state index contributed by atoms with van der Waals surface area (Å²) in [6.07, 6.45) is 0.661. The maximum atomic E-state index is 11.5. The molecule has 214 valence electrons. The smallest absolute Gasteiger partial charge is 0.336 e. The molecule has 0 amide bonds. The summed E-state index contributed by atoms with van der Waals surface area (Å²) < 4.78 is 4.33. The average molecular weight is 550 g/mol. The Balaban J connectivity index is 2.26. The highest BCUT2D eigenvalue weighted by molar-refractivity contribution is 6.19. The largest absolute Gasteiger partial charge is 0.478 e. The minimum absolute atomic E-state index is 0.248. The number of nitrogens with zero attached hydrogens (tertiary/aromatic N) is 7. The lowest BCUT2D eigenvalue weighted by molar-refractivity contribution is -0.133. The molecule has 40 heavy (non-hydrogen) atoms. The minimum Gasteiger partial charge on any atom is -0.478 e. The summed E-state index contributed by atoms with van der Waals surface area (Å²) in [5, 5.41) is 31.4. The van der Waals surface area contributed by atoms with Crippen molar-refractivity contribution in [3.63, 3.8) is 0 Å². The maximum absolute atomic E-state index is 11.5. The first kappa shape index (κ1) is 30.1. The molecule has 0 aliphatic heterocycles. The van der Waals surface area contributed by atoms with E-state index in [0.29, 0.717) is 17.4 Å². The van der Waals surface area contributed by atoms with Gasteiger partial charge in [-0.1, -0.05) is 17.2 Å². The molecule has 11 heteroatoms. The predicted molar refractivity (Wildman–Crippen MR) is 158 cm³/mol. The van der Waals surface area contributed by atoms with E-state index in [-0.39, 0.29) is 22.2 Å². The van der Waals surface area contributed by atoms with Gasteiger partial charge in [0.25, 0.3) is 0 Å². The monoisotopic (exact) mass is 549 g/mol. The Kier molecular flexibility index (Phi) is 8.28. The number of hydrogen-bond acceptors (Lipinski definition) is 6. The summed E-state index contributed by atoms with van der Waals surface area (Å²) >= 11 is 0. The van der Waals surface area contributed by atoms with Crippen LogP contribution in [0.4, 0.5) is 17.1 Å². The number of aliphatic carboxylic acids is 2. The second-order valence-electron chi connectivity index (χ2n) is 12.0. The van der Waals surface area contributed by atoms with Gasteiger partial charge in [-0.05, 0) is 76.6 Å². The zero-order valence-electron chi connectivity index (χ0n) is 24.9. The SMILES string of the molecule is CN(C)c1cc2c(cc1N(C)C)n(C(C)(C)C)c(=NN=Nc1ccc(/C(=C/C(=O)O)C(=O)O)cc1)n2C(C)(C)C. The second-order valence-corrected chi connectivity index (χ2v) is 12.0. The van der Waals surface area contributed by atoms with Crippen LogP contribution in [-0.4, -0.2) is 59.5 Å². The van der Waals surface area contributed by atoms with Gasteiger partial charge in [-0.25, -0.2) is 9.59 Å². The van der Waals surface area contributed by atoms with Crippen molar-refractivity contribution in [2.45, 2.75) is 52.6 Å². The highest BCUT2D eigenvalue weighted by Gasteiger charge is 2.28. The highest BCUT2D eigenvalue weighted by atomic mass is 16.4. The minimum atomic E-state index is -1.34. The maximum Gasteiger partial charge on any atom is 0.336 e. The third-order valence-corrected chi connectivity index (χ3v) is 6.23. The molecule has 0 atom stereocenters. The van der Waals surface area contributed by atoms with Gasteiger partial charge in [0, 0.05) is 45.3 Å². The van der Waals surface area contributed by atoms with Crippen molar-refractivity contribution < 1.29 is 19.8 Å². The average Bonchev–Trinajstić information content (AvgIpc) is 3.16. The van der Waals surface area contributed by atoms with Gasteiger partial charge in [0.2, 0.25) is 5.62 Å². The Hall–Kier alpha value is -4.41. The fourth-order valence-electron chi connectivity index (χ4n) is 4.57. The molecule has 0 bridgehead atoms. The van der Waals surface area contributed by atoms with Crippen LogP contribution in [0.5, 0.6) is 0 Å². The number of aromatic nitrogens is 2. The van der Waals surface area contributed by atoms with Gasteiger partial charge in [0.15, 0.2) is 0 Å². The molecule has 0 saturated carbocycles. The van der Waals surface area contributed by atoms with Gasteiger partial charge < -0.3 is 29.1 Å². The van der Waals surface area contributed by atoms with Crippen molar-refractivity contribution in [3.8, 4) is 0 Å². The third kappa shape index (κ3) is 6.24. The second kappa shape index (κ2) is 11.0. The molecule has 3 aromatic rings. The van der Waals surface area contributed by atoms with Crippen molar-refractivity contribution in [3.05, 3.63) is 53.7 Å².